The van der Waals surface area contributed by atoms with Crippen molar-refractivity contribution in [2.75, 3.05) is 36.6 Å². The van der Waals surface area contributed by atoms with Crippen LogP contribution in [0, 0.1) is 0 Å². The van der Waals surface area contributed by atoms with E-state index in [0.717, 1.165) is 17.4 Å². The number of halogens is 2. The first-order chi connectivity index (χ1) is 20.9. The molecule has 0 unspecified atom stereocenters. The normalized spacial score (nSPS) is 11.3. The van der Waals surface area contributed by atoms with Gasteiger partial charge < -0.3 is 40.3 Å². The second-order valence-electron chi connectivity index (χ2n) is 9.58. The number of hydrogen-bond acceptors (Lipinski definition) is 7. The molecule has 5 N–H and O–H groups in total. The van der Waals surface area contributed by atoms with Gasteiger partial charge >= 0.3 is 0 Å². The number of nitrogens with zero attached hydrogens (tertiary/aromatic N) is 5. The van der Waals surface area contributed by atoms with Crippen LogP contribution in [-0.2, 0) is 21.1 Å². The molecule has 4 amide bonds. The van der Waals surface area contributed by atoms with Crippen molar-refractivity contribution in [3.05, 3.63) is 68.9 Å². The highest BCUT2D eigenvalue weighted by Gasteiger charge is 2.21. The predicted molar refractivity (Wildman–Crippen MR) is 172 cm³/mol. The highest BCUT2D eigenvalue weighted by atomic mass is 35.5. The van der Waals surface area contributed by atoms with Crippen molar-refractivity contribution in [2.45, 2.75) is 6.42 Å². The maximum Gasteiger partial charge on any atom is 0.277 e. The summed E-state index contributed by atoms with van der Waals surface area (Å²) in [6.45, 7) is 0.395. The van der Waals surface area contributed by atoms with E-state index < -0.39 is 17.7 Å². The average molecular weight is 662 g/mol. The van der Waals surface area contributed by atoms with Gasteiger partial charge in [0.15, 0.2) is 5.69 Å². The summed E-state index contributed by atoms with van der Waals surface area (Å²) in [5.41, 5.74) is 2.04. The molecule has 4 heterocycles. The van der Waals surface area contributed by atoms with Crippen molar-refractivity contribution in [3.63, 3.8) is 0 Å². The number of aryl methyl sites for hydroxylation is 3. The Bertz CT molecular complexity index is 1770. The fourth-order valence-electron chi connectivity index (χ4n) is 4.29. The van der Waals surface area contributed by atoms with E-state index in [-0.39, 0.29) is 32.3 Å². The van der Waals surface area contributed by atoms with Gasteiger partial charge in [0.1, 0.15) is 26.4 Å². The Morgan fingerprint density at radius 2 is 1.25 bits per heavy atom. The van der Waals surface area contributed by atoms with E-state index in [0.29, 0.717) is 35.7 Å². The van der Waals surface area contributed by atoms with E-state index in [2.05, 4.69) is 35.9 Å². The van der Waals surface area contributed by atoms with Crippen LogP contribution in [0.25, 0.3) is 0 Å². The molecule has 0 aliphatic heterocycles. The average Bonchev–Trinajstić information content (AvgIpc) is 3.72. The summed E-state index contributed by atoms with van der Waals surface area (Å²) in [6.07, 6.45) is 5.34. The van der Waals surface area contributed by atoms with Crippen molar-refractivity contribution in [3.8, 4) is 0 Å². The first kappa shape index (κ1) is 32.3. The van der Waals surface area contributed by atoms with Gasteiger partial charge in [-0.2, -0.15) is 4.37 Å². The van der Waals surface area contributed by atoms with Gasteiger partial charge in [-0.3, -0.25) is 24.2 Å². The number of nitrogens with one attached hydrogen (secondary N) is 5. The summed E-state index contributed by atoms with van der Waals surface area (Å²) in [5.74, 6) is -0.988. The maximum atomic E-state index is 13.1. The predicted octanol–water partition coefficient (Wildman–Crippen LogP) is 3.59. The van der Waals surface area contributed by atoms with Crippen LogP contribution < -0.4 is 26.6 Å². The second kappa shape index (κ2) is 13.8. The van der Waals surface area contributed by atoms with E-state index >= 15 is 0 Å². The van der Waals surface area contributed by atoms with E-state index in [1.54, 1.807) is 69.0 Å². The van der Waals surface area contributed by atoms with Gasteiger partial charge in [0, 0.05) is 66.8 Å². The molecule has 0 bridgehead atoms. The molecule has 0 spiro atoms. The number of rotatable bonds is 10. The summed E-state index contributed by atoms with van der Waals surface area (Å²) in [6, 6.07) is 4.60. The highest BCUT2D eigenvalue weighted by molar-refractivity contribution is 7.11. The third-order valence-corrected chi connectivity index (χ3v) is 8.12. The molecule has 0 aromatic carbocycles. The number of aliphatic imine (C=N–C) groups is 1. The minimum Gasteiger partial charge on any atom is -0.377 e. The van der Waals surface area contributed by atoms with E-state index in [1.165, 1.54) is 16.7 Å². The topological polar surface area (TPSA) is 168 Å². The van der Waals surface area contributed by atoms with Gasteiger partial charge in [0.05, 0.1) is 22.9 Å². The van der Waals surface area contributed by atoms with Gasteiger partial charge in [0.2, 0.25) is 0 Å². The molecule has 0 saturated heterocycles. The summed E-state index contributed by atoms with van der Waals surface area (Å²) in [4.78, 5) is 55.3. The number of carbonyl (C=O) groups is 4. The Hall–Kier alpha value is -4.60. The monoisotopic (exact) mass is 660 g/mol. The summed E-state index contributed by atoms with van der Waals surface area (Å²) in [5, 5.41) is 14.0. The maximum absolute atomic E-state index is 13.1. The van der Waals surface area contributed by atoms with Gasteiger partial charge in [-0.05, 0) is 29.7 Å². The zero-order valence-electron chi connectivity index (χ0n) is 24.4. The molecule has 0 aliphatic carbocycles. The molecule has 0 aliphatic rings. The number of hydrogen-bond donors (Lipinski definition) is 5. The van der Waals surface area contributed by atoms with Crippen LogP contribution in [0.5, 0.6) is 0 Å². The Balaban J connectivity index is 1.38. The van der Waals surface area contributed by atoms with Crippen LogP contribution in [0.2, 0.25) is 9.36 Å². The Morgan fingerprint density at radius 1 is 0.795 bits per heavy atom. The van der Waals surface area contributed by atoms with Gasteiger partial charge in [-0.25, -0.2) is 0 Å². The van der Waals surface area contributed by atoms with Crippen molar-refractivity contribution >= 4 is 81.3 Å². The Kier molecular flexibility index (Phi) is 10.1. The first-order valence-corrected chi connectivity index (χ1v) is 14.6. The summed E-state index contributed by atoms with van der Waals surface area (Å²) >= 11 is 12.8. The Morgan fingerprint density at radius 3 is 1.66 bits per heavy atom. The van der Waals surface area contributed by atoms with Crippen LogP contribution >= 0.6 is 34.7 Å². The van der Waals surface area contributed by atoms with Gasteiger partial charge in [-0.15, -0.1) is 0 Å². The van der Waals surface area contributed by atoms with E-state index in [1.807, 2.05) is 0 Å². The molecule has 0 saturated carbocycles. The van der Waals surface area contributed by atoms with Gasteiger partial charge in [0.25, 0.3) is 23.6 Å². The molecule has 0 radical (unpaired) electrons. The van der Waals surface area contributed by atoms with Crippen LogP contribution in [-0.4, -0.2) is 68.2 Å². The van der Waals surface area contributed by atoms with Crippen molar-refractivity contribution in [1.29, 1.82) is 0 Å². The fourth-order valence-corrected chi connectivity index (χ4v) is 5.29. The molecule has 232 valence electrons. The first-order valence-electron chi connectivity index (χ1n) is 13.1. The fraction of sp³-hybridized carbons (Fsp3) is 0.259. The number of amides is 4. The highest BCUT2D eigenvalue weighted by Crippen LogP contribution is 2.30. The quantitative estimate of drug-likeness (QED) is 0.129. The molecule has 0 atom stereocenters. The minimum atomic E-state index is -0.564. The number of carbonyl (C=O) groups excluding carboxylic acids is 4. The Labute approximate surface area is 266 Å². The van der Waals surface area contributed by atoms with E-state index in [4.69, 9.17) is 23.2 Å². The molecular formula is C27H30Cl2N10O4S. The van der Waals surface area contributed by atoms with Crippen molar-refractivity contribution in [2.24, 2.45) is 26.1 Å². The smallest absolute Gasteiger partial charge is 0.277 e. The lowest BCUT2D eigenvalue weighted by Gasteiger charge is -2.07. The largest absolute Gasteiger partial charge is 0.377 e. The van der Waals surface area contributed by atoms with Crippen LogP contribution in [0.15, 0.2) is 41.8 Å². The van der Waals surface area contributed by atoms with E-state index in [9.17, 15) is 19.2 Å². The zero-order chi connectivity index (χ0) is 32.1. The molecule has 17 heteroatoms. The third-order valence-electron chi connectivity index (χ3n) is 6.50. The second-order valence-corrected chi connectivity index (χ2v) is 11.3. The van der Waals surface area contributed by atoms with Crippen molar-refractivity contribution in [1.82, 2.24) is 28.7 Å². The molecule has 0 fully saturated rings. The van der Waals surface area contributed by atoms with Crippen LogP contribution in [0.4, 0.5) is 17.1 Å². The SMILES string of the molecule is CN=C(CCNC(=O)c1cc(NC(=O)c2cc(NC(=O)c3cc(NC(=O)c4nsc(Cl)c4Cl)cn3C)cn2C)cn1C)NC. The molecule has 4 aromatic heterocycles. The molecular weight excluding hydrogens is 631 g/mol. The molecule has 44 heavy (non-hydrogen) atoms. The van der Waals surface area contributed by atoms with Crippen LogP contribution in [0.1, 0.15) is 48.4 Å². The molecule has 4 aromatic rings. The van der Waals surface area contributed by atoms with Crippen LogP contribution in [0.3, 0.4) is 0 Å². The van der Waals surface area contributed by atoms with Gasteiger partial charge in [-0.1, -0.05) is 23.2 Å². The third kappa shape index (κ3) is 7.30. The minimum absolute atomic E-state index is 0.0114. The number of aromatic nitrogens is 4. The summed E-state index contributed by atoms with van der Waals surface area (Å²) < 4.78 is 8.86. The zero-order valence-corrected chi connectivity index (χ0v) is 26.7. The molecule has 14 nitrogen and oxygen atoms in total. The lowest BCUT2D eigenvalue weighted by Crippen LogP contribution is -2.30. The standard InChI is InChI=1S/C27H30Cl2N10O4S/c1-30-20(31-2)6-7-32-24(40)17-8-14(11-37(17)3)33-25(41)18-9-15(12-38(18)4)34-26(42)19-10-16(13-39(19)5)35-27(43)22-21(28)23(29)44-36-22/h8-13H,6-7H2,1-5H3,(H,30,31)(H,32,40)(H,33,41)(H,34,42)(H,35,43). The summed E-state index contributed by atoms with van der Waals surface area (Å²) in [7, 11) is 8.46. The lowest BCUT2D eigenvalue weighted by molar-refractivity contribution is 0.0944. The number of amidine groups is 1. The van der Waals surface area contributed by atoms with Crippen molar-refractivity contribution < 1.29 is 19.2 Å². The lowest BCUT2D eigenvalue weighted by atomic mass is 10.3. The number of anilines is 3. The molecule has 4 rings (SSSR count).